The van der Waals surface area contributed by atoms with E-state index in [0.717, 1.165) is 16.7 Å². The average molecular weight is 417 g/mol. The lowest BCUT2D eigenvalue weighted by molar-refractivity contribution is 0.602. The summed E-state index contributed by atoms with van der Waals surface area (Å²) in [6, 6.07) is 14.3. The van der Waals surface area contributed by atoms with E-state index in [1.54, 1.807) is 12.1 Å². The van der Waals surface area contributed by atoms with Crippen LogP contribution in [0.25, 0.3) is 11.3 Å². The summed E-state index contributed by atoms with van der Waals surface area (Å²) in [5, 5.41) is 3.91. The van der Waals surface area contributed by atoms with Crippen LogP contribution in [0.2, 0.25) is 5.02 Å². The minimum Gasteiger partial charge on any atom is -0.370 e. The second-order valence-corrected chi connectivity index (χ2v) is 8.92. The number of aromatic nitrogens is 2. The third-order valence-electron chi connectivity index (χ3n) is 4.36. The molecule has 0 spiro atoms. The summed E-state index contributed by atoms with van der Waals surface area (Å²) in [7, 11) is -3.18. The molecule has 0 amide bonds. The molecule has 1 aromatic heterocycles. The summed E-state index contributed by atoms with van der Waals surface area (Å²) >= 11 is 6.21. The van der Waals surface area contributed by atoms with Crippen molar-refractivity contribution in [3.8, 4) is 11.3 Å². The summed E-state index contributed by atoms with van der Waals surface area (Å²) < 4.78 is 23.0. The number of sulfone groups is 1. The Labute approximate surface area is 169 Å². The van der Waals surface area contributed by atoms with Crippen molar-refractivity contribution in [2.45, 2.75) is 18.2 Å². The van der Waals surface area contributed by atoms with Crippen LogP contribution in [0.3, 0.4) is 0 Å². The van der Waals surface area contributed by atoms with E-state index in [0.29, 0.717) is 34.4 Å². The highest BCUT2D eigenvalue weighted by atomic mass is 35.5. The molecule has 0 fully saturated rings. The molecule has 28 heavy (non-hydrogen) atoms. The molecular formula is C20H21ClN4O2S. The van der Waals surface area contributed by atoms with E-state index >= 15 is 0 Å². The first-order chi connectivity index (χ1) is 13.2. The van der Waals surface area contributed by atoms with Gasteiger partial charge in [0.25, 0.3) is 0 Å². The van der Waals surface area contributed by atoms with E-state index in [2.05, 4.69) is 15.3 Å². The van der Waals surface area contributed by atoms with Gasteiger partial charge in [0.2, 0.25) is 5.95 Å². The third-order valence-corrected chi connectivity index (χ3v) is 5.90. The fourth-order valence-corrected chi connectivity index (χ4v) is 3.62. The molecule has 3 rings (SSSR count). The number of nitrogen functional groups attached to an aromatic ring is 1. The number of nitrogens with two attached hydrogens (primary N) is 1. The fraction of sp³-hybridized carbons (Fsp3) is 0.200. The molecule has 3 N–H and O–H groups in total. The van der Waals surface area contributed by atoms with Crippen LogP contribution in [0.1, 0.15) is 11.1 Å². The molecule has 1 heterocycles. The first kappa shape index (κ1) is 20.1. The van der Waals surface area contributed by atoms with Gasteiger partial charge in [-0.05, 0) is 42.7 Å². The second kappa shape index (κ2) is 8.16. The Bertz CT molecular complexity index is 1100. The van der Waals surface area contributed by atoms with Gasteiger partial charge >= 0.3 is 0 Å². The standard InChI is InChI=1S/C20H21ClN4O2S/c1-13-16(4-3-5-17(13)21)18-12-19(25-20(22)24-18)23-11-10-14-6-8-15(9-7-14)28(2,26)27/h3-9,12H,10-11H2,1-2H3,(H3,22,23,24,25). The maximum atomic E-state index is 11.5. The summed E-state index contributed by atoms with van der Waals surface area (Å²) in [4.78, 5) is 8.86. The minimum atomic E-state index is -3.18. The number of benzene rings is 2. The average Bonchev–Trinajstić information content (AvgIpc) is 2.63. The zero-order valence-corrected chi connectivity index (χ0v) is 17.2. The molecule has 146 valence electrons. The molecule has 3 aromatic rings. The Kier molecular flexibility index (Phi) is 5.86. The van der Waals surface area contributed by atoms with Crippen molar-refractivity contribution in [3.05, 3.63) is 64.7 Å². The van der Waals surface area contributed by atoms with Crippen molar-refractivity contribution in [1.29, 1.82) is 0 Å². The van der Waals surface area contributed by atoms with Crippen molar-refractivity contribution in [3.63, 3.8) is 0 Å². The molecular weight excluding hydrogens is 396 g/mol. The highest BCUT2D eigenvalue weighted by Crippen LogP contribution is 2.28. The Morgan fingerprint density at radius 2 is 1.82 bits per heavy atom. The number of halogens is 1. The van der Waals surface area contributed by atoms with Gasteiger partial charge in [0, 0.05) is 29.5 Å². The molecule has 8 heteroatoms. The lowest BCUT2D eigenvalue weighted by Crippen LogP contribution is -2.09. The SMILES string of the molecule is Cc1c(Cl)cccc1-c1cc(NCCc2ccc(S(C)(=O)=O)cc2)nc(N)n1. The normalized spacial score (nSPS) is 11.4. The van der Waals surface area contributed by atoms with Crippen molar-refractivity contribution in [2.75, 3.05) is 23.9 Å². The van der Waals surface area contributed by atoms with Crippen LogP contribution in [0.15, 0.2) is 53.4 Å². The first-order valence-corrected chi connectivity index (χ1v) is 10.9. The van der Waals surface area contributed by atoms with Gasteiger partial charge in [0.15, 0.2) is 9.84 Å². The van der Waals surface area contributed by atoms with Crippen LogP contribution >= 0.6 is 11.6 Å². The molecule has 0 aliphatic heterocycles. The number of rotatable bonds is 6. The Morgan fingerprint density at radius 1 is 1.11 bits per heavy atom. The molecule has 0 saturated carbocycles. The summed E-state index contributed by atoms with van der Waals surface area (Å²) in [5.41, 5.74) is 9.43. The van der Waals surface area contributed by atoms with Gasteiger partial charge in [-0.3, -0.25) is 0 Å². The zero-order chi connectivity index (χ0) is 20.3. The van der Waals surface area contributed by atoms with Crippen molar-refractivity contribution in [2.24, 2.45) is 0 Å². The van der Waals surface area contributed by atoms with Gasteiger partial charge in [-0.25, -0.2) is 13.4 Å². The third kappa shape index (κ3) is 4.79. The fourth-order valence-electron chi connectivity index (χ4n) is 2.82. The molecule has 0 saturated heterocycles. The monoisotopic (exact) mass is 416 g/mol. The van der Waals surface area contributed by atoms with Crippen molar-refractivity contribution >= 4 is 33.2 Å². The number of nitrogens with one attached hydrogen (secondary N) is 1. The molecule has 0 aliphatic carbocycles. The molecule has 2 aromatic carbocycles. The Balaban J connectivity index is 1.71. The van der Waals surface area contributed by atoms with Crippen LogP contribution in [0.5, 0.6) is 0 Å². The number of anilines is 2. The van der Waals surface area contributed by atoms with Crippen LogP contribution < -0.4 is 11.1 Å². The number of nitrogens with zero attached hydrogens (tertiary/aromatic N) is 2. The lowest BCUT2D eigenvalue weighted by atomic mass is 10.1. The van der Waals surface area contributed by atoms with Crippen LogP contribution in [0, 0.1) is 6.92 Å². The van der Waals surface area contributed by atoms with Gasteiger partial charge in [-0.15, -0.1) is 0 Å². The summed E-state index contributed by atoms with van der Waals surface area (Å²) in [6.07, 6.45) is 1.90. The van der Waals surface area contributed by atoms with E-state index in [1.165, 1.54) is 6.26 Å². The second-order valence-electron chi connectivity index (χ2n) is 6.50. The van der Waals surface area contributed by atoms with Crippen LogP contribution in [0.4, 0.5) is 11.8 Å². The molecule has 0 bridgehead atoms. The van der Waals surface area contributed by atoms with Gasteiger partial charge < -0.3 is 11.1 Å². The number of hydrogen-bond donors (Lipinski definition) is 2. The highest BCUT2D eigenvalue weighted by Gasteiger charge is 2.10. The predicted molar refractivity (Wildman–Crippen MR) is 113 cm³/mol. The van der Waals surface area contributed by atoms with Gasteiger partial charge in [0.05, 0.1) is 10.6 Å². The topological polar surface area (TPSA) is 98.0 Å². The van der Waals surface area contributed by atoms with Crippen LogP contribution in [-0.2, 0) is 16.3 Å². The highest BCUT2D eigenvalue weighted by molar-refractivity contribution is 7.90. The molecule has 0 unspecified atom stereocenters. The van der Waals surface area contributed by atoms with E-state index in [1.807, 2.05) is 43.3 Å². The van der Waals surface area contributed by atoms with E-state index in [9.17, 15) is 8.42 Å². The summed E-state index contributed by atoms with van der Waals surface area (Å²) in [6.45, 7) is 2.55. The number of hydrogen-bond acceptors (Lipinski definition) is 6. The van der Waals surface area contributed by atoms with Crippen molar-refractivity contribution in [1.82, 2.24) is 9.97 Å². The van der Waals surface area contributed by atoms with Gasteiger partial charge in [-0.2, -0.15) is 4.98 Å². The minimum absolute atomic E-state index is 0.178. The van der Waals surface area contributed by atoms with E-state index < -0.39 is 9.84 Å². The van der Waals surface area contributed by atoms with Crippen LogP contribution in [-0.4, -0.2) is 31.2 Å². The van der Waals surface area contributed by atoms with Gasteiger partial charge in [-0.1, -0.05) is 35.9 Å². The van der Waals surface area contributed by atoms with Gasteiger partial charge in [0.1, 0.15) is 5.82 Å². The molecule has 0 atom stereocenters. The predicted octanol–water partition coefficient (Wildman–Crippen LogP) is 3.75. The smallest absolute Gasteiger partial charge is 0.222 e. The largest absolute Gasteiger partial charge is 0.370 e. The van der Waals surface area contributed by atoms with Crippen molar-refractivity contribution < 1.29 is 8.42 Å². The Morgan fingerprint density at radius 3 is 2.50 bits per heavy atom. The van der Waals surface area contributed by atoms with E-state index in [4.69, 9.17) is 17.3 Å². The first-order valence-electron chi connectivity index (χ1n) is 8.67. The molecule has 6 nitrogen and oxygen atoms in total. The zero-order valence-electron chi connectivity index (χ0n) is 15.6. The molecule has 0 aliphatic rings. The maximum Gasteiger partial charge on any atom is 0.222 e. The summed E-state index contributed by atoms with van der Waals surface area (Å²) in [5.74, 6) is 0.798. The van der Waals surface area contributed by atoms with E-state index in [-0.39, 0.29) is 5.95 Å². The lowest BCUT2D eigenvalue weighted by Gasteiger charge is -2.11. The Hall–Kier alpha value is -2.64. The quantitative estimate of drug-likeness (QED) is 0.635. The maximum absolute atomic E-state index is 11.5. The molecule has 0 radical (unpaired) electrons.